The Hall–Kier alpha value is -1.66. The SMILES string of the molecule is Cc1ccn2nc(NCCN3CCOCC3)nc2c1. The average molecular weight is 261 g/mol. The largest absolute Gasteiger partial charge is 0.379 e. The molecule has 0 saturated carbocycles. The van der Waals surface area contributed by atoms with Crippen LogP contribution in [0.2, 0.25) is 0 Å². The van der Waals surface area contributed by atoms with Gasteiger partial charge in [0.2, 0.25) is 5.95 Å². The summed E-state index contributed by atoms with van der Waals surface area (Å²) in [5, 5.41) is 7.66. The second-order valence-corrected chi connectivity index (χ2v) is 4.82. The minimum absolute atomic E-state index is 0.693. The van der Waals surface area contributed by atoms with E-state index in [0.717, 1.165) is 45.0 Å². The van der Waals surface area contributed by atoms with Gasteiger partial charge >= 0.3 is 0 Å². The zero-order chi connectivity index (χ0) is 13.1. The topological polar surface area (TPSA) is 54.7 Å². The van der Waals surface area contributed by atoms with Crippen molar-refractivity contribution in [2.45, 2.75) is 6.92 Å². The van der Waals surface area contributed by atoms with Crippen LogP contribution in [0.25, 0.3) is 5.65 Å². The number of rotatable bonds is 4. The molecule has 0 atom stereocenters. The minimum Gasteiger partial charge on any atom is -0.379 e. The standard InChI is InChI=1S/C13H19N5O/c1-11-2-4-18-12(10-11)15-13(16-18)14-3-5-17-6-8-19-9-7-17/h2,4,10H,3,5-9H2,1H3,(H,14,16). The molecule has 0 spiro atoms. The van der Waals surface area contributed by atoms with Crippen LogP contribution in [0, 0.1) is 6.92 Å². The van der Waals surface area contributed by atoms with Gasteiger partial charge in [-0.15, -0.1) is 5.10 Å². The third-order valence-electron chi connectivity index (χ3n) is 3.31. The van der Waals surface area contributed by atoms with Crippen molar-refractivity contribution in [3.8, 4) is 0 Å². The number of fused-ring (bicyclic) bond motifs is 1. The molecule has 0 radical (unpaired) electrons. The first-order valence-electron chi connectivity index (χ1n) is 6.68. The van der Waals surface area contributed by atoms with Crippen LogP contribution in [-0.4, -0.2) is 58.9 Å². The number of anilines is 1. The highest BCUT2D eigenvalue weighted by molar-refractivity contribution is 5.45. The Morgan fingerprint density at radius 1 is 1.37 bits per heavy atom. The molecule has 6 nitrogen and oxygen atoms in total. The molecule has 2 aromatic rings. The van der Waals surface area contributed by atoms with E-state index in [1.54, 1.807) is 4.52 Å². The number of hydrogen-bond donors (Lipinski definition) is 1. The molecule has 1 saturated heterocycles. The van der Waals surface area contributed by atoms with Crippen LogP contribution in [0.15, 0.2) is 18.3 Å². The summed E-state index contributed by atoms with van der Waals surface area (Å²) in [5.41, 5.74) is 2.08. The molecule has 1 aliphatic rings. The predicted octanol–water partition coefficient (Wildman–Crippen LogP) is 0.782. The van der Waals surface area contributed by atoms with Gasteiger partial charge in [0.1, 0.15) is 0 Å². The van der Waals surface area contributed by atoms with Gasteiger partial charge in [-0.25, -0.2) is 4.52 Å². The third kappa shape index (κ3) is 3.02. The number of morpholine rings is 1. The summed E-state index contributed by atoms with van der Waals surface area (Å²) >= 11 is 0. The van der Waals surface area contributed by atoms with Gasteiger partial charge in [0.15, 0.2) is 5.65 Å². The van der Waals surface area contributed by atoms with E-state index in [1.165, 1.54) is 5.56 Å². The first-order chi connectivity index (χ1) is 9.31. The van der Waals surface area contributed by atoms with Gasteiger partial charge in [0, 0.05) is 32.4 Å². The summed E-state index contributed by atoms with van der Waals surface area (Å²) in [5.74, 6) is 0.693. The Morgan fingerprint density at radius 3 is 3.05 bits per heavy atom. The Kier molecular flexibility index (Phi) is 3.61. The van der Waals surface area contributed by atoms with E-state index in [-0.39, 0.29) is 0 Å². The fraction of sp³-hybridized carbons (Fsp3) is 0.538. The van der Waals surface area contributed by atoms with Gasteiger partial charge in [-0.2, -0.15) is 4.98 Å². The molecule has 3 rings (SSSR count). The Bertz CT molecular complexity index is 547. The van der Waals surface area contributed by atoms with E-state index in [2.05, 4.69) is 27.2 Å². The normalized spacial score (nSPS) is 16.9. The van der Waals surface area contributed by atoms with Gasteiger partial charge in [0.05, 0.1) is 13.2 Å². The number of aromatic nitrogens is 3. The van der Waals surface area contributed by atoms with Crippen molar-refractivity contribution in [2.75, 3.05) is 44.7 Å². The zero-order valence-corrected chi connectivity index (χ0v) is 11.2. The number of hydrogen-bond acceptors (Lipinski definition) is 5. The molecule has 0 amide bonds. The highest BCUT2D eigenvalue weighted by atomic mass is 16.5. The van der Waals surface area contributed by atoms with E-state index in [4.69, 9.17) is 4.74 Å². The summed E-state index contributed by atoms with van der Waals surface area (Å²) in [6.45, 7) is 7.62. The minimum atomic E-state index is 0.693. The Balaban J connectivity index is 1.56. The molecule has 1 N–H and O–H groups in total. The summed E-state index contributed by atoms with van der Waals surface area (Å²) in [4.78, 5) is 6.84. The molecular formula is C13H19N5O. The number of nitrogens with one attached hydrogen (secondary N) is 1. The molecule has 1 aliphatic heterocycles. The first-order valence-corrected chi connectivity index (χ1v) is 6.68. The molecule has 6 heteroatoms. The van der Waals surface area contributed by atoms with Crippen LogP contribution in [0.3, 0.4) is 0 Å². The maximum absolute atomic E-state index is 5.33. The molecule has 0 bridgehead atoms. The summed E-state index contributed by atoms with van der Waals surface area (Å²) in [7, 11) is 0. The molecule has 3 heterocycles. The van der Waals surface area contributed by atoms with E-state index in [1.807, 2.05) is 18.3 Å². The number of pyridine rings is 1. The van der Waals surface area contributed by atoms with Crippen LogP contribution >= 0.6 is 0 Å². The molecule has 102 valence electrons. The fourth-order valence-corrected chi connectivity index (χ4v) is 2.21. The summed E-state index contributed by atoms with van der Waals surface area (Å²) < 4.78 is 7.12. The number of ether oxygens (including phenoxy) is 1. The third-order valence-corrected chi connectivity index (χ3v) is 3.31. The van der Waals surface area contributed by atoms with Gasteiger partial charge < -0.3 is 10.1 Å². The van der Waals surface area contributed by atoms with Crippen molar-refractivity contribution >= 4 is 11.6 Å². The van der Waals surface area contributed by atoms with Crippen molar-refractivity contribution in [3.63, 3.8) is 0 Å². The average Bonchev–Trinajstić information content (AvgIpc) is 2.82. The highest BCUT2D eigenvalue weighted by Crippen LogP contribution is 2.07. The predicted molar refractivity (Wildman–Crippen MR) is 73.5 cm³/mol. The number of aryl methyl sites for hydroxylation is 1. The Morgan fingerprint density at radius 2 is 2.21 bits per heavy atom. The maximum Gasteiger partial charge on any atom is 0.243 e. The van der Waals surface area contributed by atoms with Gasteiger partial charge in [-0.05, 0) is 24.6 Å². The van der Waals surface area contributed by atoms with E-state index in [9.17, 15) is 0 Å². The van der Waals surface area contributed by atoms with Crippen molar-refractivity contribution in [1.82, 2.24) is 19.5 Å². The van der Waals surface area contributed by atoms with Crippen LogP contribution in [0.5, 0.6) is 0 Å². The molecule has 1 fully saturated rings. The van der Waals surface area contributed by atoms with Crippen LogP contribution in [0.4, 0.5) is 5.95 Å². The van der Waals surface area contributed by atoms with Gasteiger partial charge in [-0.3, -0.25) is 4.90 Å². The second kappa shape index (κ2) is 5.54. The maximum atomic E-state index is 5.33. The van der Waals surface area contributed by atoms with Crippen LogP contribution < -0.4 is 5.32 Å². The van der Waals surface area contributed by atoms with Crippen LogP contribution in [-0.2, 0) is 4.74 Å². The molecule has 0 aliphatic carbocycles. The molecule has 0 unspecified atom stereocenters. The van der Waals surface area contributed by atoms with E-state index in [0.29, 0.717) is 5.95 Å². The van der Waals surface area contributed by atoms with E-state index >= 15 is 0 Å². The molecule has 2 aromatic heterocycles. The van der Waals surface area contributed by atoms with Crippen molar-refractivity contribution in [3.05, 3.63) is 23.9 Å². The second-order valence-electron chi connectivity index (χ2n) is 4.82. The van der Waals surface area contributed by atoms with Gasteiger partial charge in [0.25, 0.3) is 0 Å². The monoisotopic (exact) mass is 261 g/mol. The lowest BCUT2D eigenvalue weighted by atomic mass is 10.3. The quantitative estimate of drug-likeness (QED) is 0.881. The van der Waals surface area contributed by atoms with Crippen molar-refractivity contribution < 1.29 is 4.74 Å². The number of nitrogens with zero attached hydrogens (tertiary/aromatic N) is 4. The van der Waals surface area contributed by atoms with Crippen molar-refractivity contribution in [2.24, 2.45) is 0 Å². The Labute approximate surface area is 112 Å². The lowest BCUT2D eigenvalue weighted by Crippen LogP contribution is -2.39. The molecule has 19 heavy (non-hydrogen) atoms. The first kappa shape index (κ1) is 12.4. The summed E-state index contributed by atoms with van der Waals surface area (Å²) in [6, 6.07) is 4.05. The molecular weight excluding hydrogens is 242 g/mol. The summed E-state index contributed by atoms with van der Waals surface area (Å²) in [6.07, 6.45) is 1.94. The van der Waals surface area contributed by atoms with E-state index < -0.39 is 0 Å². The smallest absolute Gasteiger partial charge is 0.243 e. The lowest BCUT2D eigenvalue weighted by Gasteiger charge is -2.26. The van der Waals surface area contributed by atoms with Crippen molar-refractivity contribution in [1.29, 1.82) is 0 Å². The lowest BCUT2D eigenvalue weighted by molar-refractivity contribution is 0.0398. The van der Waals surface area contributed by atoms with Crippen LogP contribution in [0.1, 0.15) is 5.56 Å². The zero-order valence-electron chi connectivity index (χ0n) is 11.2. The fourth-order valence-electron chi connectivity index (χ4n) is 2.21. The van der Waals surface area contributed by atoms with Gasteiger partial charge in [-0.1, -0.05) is 0 Å². The molecule has 0 aromatic carbocycles. The highest BCUT2D eigenvalue weighted by Gasteiger charge is 2.10.